The highest BCUT2D eigenvalue weighted by Crippen LogP contribution is 2.38. The number of rotatable bonds is 7. The predicted molar refractivity (Wildman–Crippen MR) is 121 cm³/mol. The molecule has 2 aromatic carbocycles. The average Bonchev–Trinajstić information content (AvgIpc) is 3.22. The molecule has 0 saturated heterocycles. The van der Waals surface area contributed by atoms with Crippen molar-refractivity contribution in [2.24, 2.45) is 5.92 Å². The smallest absolute Gasteiger partial charge is 0.315 e. The van der Waals surface area contributed by atoms with Crippen molar-refractivity contribution in [2.75, 3.05) is 7.11 Å². The summed E-state index contributed by atoms with van der Waals surface area (Å²) in [5, 5.41) is 33.1. The van der Waals surface area contributed by atoms with Gasteiger partial charge in [-0.2, -0.15) is 5.26 Å². The molecule has 1 heterocycles. The van der Waals surface area contributed by atoms with E-state index in [2.05, 4.69) is 37.0 Å². The van der Waals surface area contributed by atoms with Gasteiger partial charge in [0.25, 0.3) is 0 Å². The number of thiazole rings is 1. The molecule has 31 heavy (non-hydrogen) atoms. The molecular weight excluding hydrogens is 414 g/mol. The highest BCUT2D eigenvalue weighted by atomic mass is 32.1. The molecule has 1 aromatic heterocycles. The monoisotopic (exact) mass is 435 g/mol. The lowest BCUT2D eigenvalue weighted by Crippen LogP contribution is -1.93. The molecule has 1 N–H and O–H groups in total. The summed E-state index contributed by atoms with van der Waals surface area (Å²) in [6, 6.07) is 12.9. The van der Waals surface area contributed by atoms with Gasteiger partial charge in [0, 0.05) is 17.0 Å². The number of hydrogen-bond donors (Lipinski definition) is 1. The van der Waals surface area contributed by atoms with E-state index in [1.165, 1.54) is 42.2 Å². The van der Waals surface area contributed by atoms with Crippen molar-refractivity contribution in [3.8, 4) is 28.8 Å². The molecule has 0 saturated carbocycles. The zero-order valence-electron chi connectivity index (χ0n) is 17.3. The number of nitrogens with zero attached hydrogens (tertiary/aromatic N) is 3. The van der Waals surface area contributed by atoms with E-state index in [0.29, 0.717) is 16.5 Å². The van der Waals surface area contributed by atoms with Crippen LogP contribution in [0.3, 0.4) is 0 Å². The summed E-state index contributed by atoms with van der Waals surface area (Å²) in [5.74, 6) is -0.0194. The van der Waals surface area contributed by atoms with E-state index in [-0.39, 0.29) is 11.3 Å². The van der Waals surface area contributed by atoms with Crippen LogP contribution in [-0.2, 0) is 6.42 Å². The number of methoxy groups -OCH3 is 1. The minimum atomic E-state index is -0.703. The highest BCUT2D eigenvalue weighted by Gasteiger charge is 2.20. The molecule has 0 fully saturated rings. The number of ether oxygens (including phenoxy) is 1. The molecule has 0 aliphatic heterocycles. The van der Waals surface area contributed by atoms with Gasteiger partial charge in [-0.05, 0) is 35.6 Å². The van der Waals surface area contributed by atoms with Crippen LogP contribution in [-0.4, -0.2) is 22.1 Å². The summed E-state index contributed by atoms with van der Waals surface area (Å²) in [6.07, 6.45) is 2.50. The number of benzene rings is 2. The lowest BCUT2D eigenvalue weighted by Gasteiger charge is -2.06. The topological polar surface area (TPSA) is 109 Å². The number of nitro groups is 1. The first kappa shape index (κ1) is 22.0. The van der Waals surface area contributed by atoms with E-state index >= 15 is 0 Å². The van der Waals surface area contributed by atoms with Gasteiger partial charge < -0.3 is 9.84 Å². The molecular formula is C23H21N3O4S. The second kappa shape index (κ2) is 9.41. The van der Waals surface area contributed by atoms with Crippen molar-refractivity contribution in [1.29, 1.82) is 5.26 Å². The maximum absolute atomic E-state index is 11.2. The molecule has 0 aliphatic carbocycles. The van der Waals surface area contributed by atoms with Gasteiger partial charge in [0.1, 0.15) is 11.1 Å². The molecule has 0 bridgehead atoms. The Bertz CT molecular complexity index is 1170. The lowest BCUT2D eigenvalue weighted by atomic mass is 10.0. The molecule has 0 aliphatic rings. The zero-order chi connectivity index (χ0) is 22.5. The number of nitro benzene ring substituents is 1. The summed E-state index contributed by atoms with van der Waals surface area (Å²) in [4.78, 5) is 15.1. The number of nitriles is 1. The van der Waals surface area contributed by atoms with Crippen molar-refractivity contribution in [3.63, 3.8) is 0 Å². The molecule has 0 radical (unpaired) electrons. The Kier molecular flexibility index (Phi) is 6.68. The lowest BCUT2D eigenvalue weighted by molar-refractivity contribution is -0.386. The Labute approximate surface area is 184 Å². The largest absolute Gasteiger partial charge is 0.500 e. The quantitative estimate of drug-likeness (QED) is 0.290. The minimum absolute atomic E-state index is 0.0425. The van der Waals surface area contributed by atoms with Gasteiger partial charge >= 0.3 is 5.69 Å². The van der Waals surface area contributed by atoms with E-state index in [1.807, 2.05) is 17.5 Å². The van der Waals surface area contributed by atoms with Gasteiger partial charge in [-0.25, -0.2) is 4.98 Å². The summed E-state index contributed by atoms with van der Waals surface area (Å²) in [7, 11) is 1.30. The van der Waals surface area contributed by atoms with Gasteiger partial charge in [-0.1, -0.05) is 38.1 Å². The maximum atomic E-state index is 11.2. The summed E-state index contributed by atoms with van der Waals surface area (Å²) in [5.41, 5.74) is 3.09. The van der Waals surface area contributed by atoms with Crippen LogP contribution in [0.5, 0.6) is 11.5 Å². The zero-order valence-corrected chi connectivity index (χ0v) is 18.1. The molecule has 158 valence electrons. The minimum Gasteiger partial charge on any atom is -0.500 e. The number of aromatic hydroxyl groups is 1. The third kappa shape index (κ3) is 5.08. The Morgan fingerprint density at radius 2 is 2.06 bits per heavy atom. The van der Waals surface area contributed by atoms with Crippen LogP contribution in [0.25, 0.3) is 22.9 Å². The van der Waals surface area contributed by atoms with Crippen LogP contribution in [0.15, 0.2) is 41.8 Å². The number of phenols is 1. The fourth-order valence-electron chi connectivity index (χ4n) is 3.11. The van der Waals surface area contributed by atoms with E-state index < -0.39 is 16.4 Å². The Balaban J connectivity index is 1.93. The van der Waals surface area contributed by atoms with Gasteiger partial charge in [-0.15, -0.1) is 11.3 Å². The van der Waals surface area contributed by atoms with Gasteiger partial charge in [0.05, 0.1) is 23.3 Å². The predicted octanol–water partition coefficient (Wildman–Crippen LogP) is 5.70. The molecule has 7 nitrogen and oxygen atoms in total. The molecule has 0 unspecified atom stereocenters. The molecule has 0 atom stereocenters. The SMILES string of the molecule is COc1cc(C=C(C#N)c2nc(-c3ccc(CC(C)C)cc3)cs2)cc([N+](=O)[O-])c1O. The van der Waals surface area contributed by atoms with E-state index in [9.17, 15) is 20.5 Å². The van der Waals surface area contributed by atoms with Crippen molar-refractivity contribution < 1.29 is 14.8 Å². The fraction of sp³-hybridized carbons (Fsp3) is 0.217. The number of hydrogen-bond acceptors (Lipinski definition) is 7. The first-order valence-electron chi connectivity index (χ1n) is 9.54. The maximum Gasteiger partial charge on any atom is 0.315 e. The fourth-order valence-corrected chi connectivity index (χ4v) is 3.91. The second-order valence-corrected chi connectivity index (χ2v) is 8.21. The van der Waals surface area contributed by atoms with Gasteiger partial charge in [-0.3, -0.25) is 10.1 Å². The summed E-state index contributed by atoms with van der Waals surface area (Å²) in [6.45, 7) is 4.35. The van der Waals surface area contributed by atoms with E-state index in [1.54, 1.807) is 0 Å². The van der Waals surface area contributed by atoms with E-state index in [4.69, 9.17) is 4.74 Å². The average molecular weight is 436 g/mol. The first-order chi connectivity index (χ1) is 14.8. The van der Waals surface area contributed by atoms with E-state index in [0.717, 1.165) is 17.7 Å². The second-order valence-electron chi connectivity index (χ2n) is 7.35. The van der Waals surface area contributed by atoms with Crippen LogP contribution in [0.1, 0.15) is 30.0 Å². The Hall–Kier alpha value is -3.70. The number of phenolic OH excluding ortho intramolecular Hbond substituents is 1. The highest BCUT2D eigenvalue weighted by molar-refractivity contribution is 7.11. The van der Waals surface area contributed by atoms with Crippen molar-refractivity contribution in [2.45, 2.75) is 20.3 Å². The molecule has 0 spiro atoms. The third-order valence-electron chi connectivity index (χ3n) is 4.55. The number of aromatic nitrogens is 1. The molecule has 3 aromatic rings. The van der Waals surface area contributed by atoms with Crippen LogP contribution in [0.2, 0.25) is 0 Å². The van der Waals surface area contributed by atoms with Crippen LogP contribution < -0.4 is 4.74 Å². The molecule has 8 heteroatoms. The van der Waals surface area contributed by atoms with Crippen molar-refractivity contribution in [3.05, 3.63) is 68.0 Å². The summed E-state index contributed by atoms with van der Waals surface area (Å²) >= 11 is 1.32. The Morgan fingerprint density at radius 1 is 1.35 bits per heavy atom. The Morgan fingerprint density at radius 3 is 2.65 bits per heavy atom. The molecule has 3 rings (SSSR count). The third-order valence-corrected chi connectivity index (χ3v) is 5.43. The standard InChI is InChI=1S/C23H21N3O4S/c1-14(2)8-15-4-6-17(7-5-15)19-13-31-23(25-19)18(12-24)9-16-10-20(26(28)29)22(27)21(11-16)30-3/h4-7,9-11,13-14,27H,8H2,1-3H3. The van der Waals surface area contributed by atoms with Crippen LogP contribution in [0.4, 0.5) is 5.69 Å². The van der Waals surface area contributed by atoms with Gasteiger partial charge in [0.15, 0.2) is 5.75 Å². The van der Waals surface area contributed by atoms with Crippen molar-refractivity contribution >= 4 is 28.7 Å². The van der Waals surface area contributed by atoms with Crippen LogP contribution in [0, 0.1) is 27.4 Å². The van der Waals surface area contributed by atoms with Crippen LogP contribution >= 0.6 is 11.3 Å². The summed E-state index contributed by atoms with van der Waals surface area (Å²) < 4.78 is 5.01. The van der Waals surface area contributed by atoms with Crippen molar-refractivity contribution in [1.82, 2.24) is 4.98 Å². The first-order valence-corrected chi connectivity index (χ1v) is 10.4. The normalized spacial score (nSPS) is 11.4. The number of allylic oxidation sites excluding steroid dienone is 1. The van der Waals surface area contributed by atoms with Gasteiger partial charge in [0.2, 0.25) is 5.75 Å². The molecule has 0 amide bonds.